The van der Waals surface area contributed by atoms with Crippen LogP contribution >= 0.6 is 0 Å². The Labute approximate surface area is 153 Å². The standard InChI is InChI=1S/C19H20N2O4S/c1-3-25-19(22)12-16-11-18(15-5-4-10-20-13-15)21(16)26(23,24)17-8-6-14(2)7-9-17/h4-10,12-13,18H,3,11H2,1-2H3/b16-12+. The van der Waals surface area contributed by atoms with Gasteiger partial charge in [-0.3, -0.25) is 9.29 Å². The summed E-state index contributed by atoms with van der Waals surface area (Å²) in [6.45, 7) is 3.83. The molecule has 0 N–H and O–H groups in total. The number of nitrogens with zero attached hydrogens (tertiary/aromatic N) is 2. The maximum Gasteiger partial charge on any atom is 0.332 e. The molecule has 0 saturated carbocycles. The van der Waals surface area contributed by atoms with Gasteiger partial charge in [-0.1, -0.05) is 23.8 Å². The Balaban J connectivity index is 2.00. The van der Waals surface area contributed by atoms with E-state index in [2.05, 4.69) is 4.98 Å². The fraction of sp³-hybridized carbons (Fsp3) is 0.263. The van der Waals surface area contributed by atoms with Gasteiger partial charge in [-0.05, 0) is 37.6 Å². The van der Waals surface area contributed by atoms with E-state index in [4.69, 9.17) is 4.74 Å². The van der Waals surface area contributed by atoms with Crippen molar-refractivity contribution in [3.8, 4) is 0 Å². The van der Waals surface area contributed by atoms with Gasteiger partial charge < -0.3 is 4.74 Å². The Morgan fingerprint density at radius 2 is 2.04 bits per heavy atom. The van der Waals surface area contributed by atoms with Gasteiger partial charge in [0.1, 0.15) is 0 Å². The molecule has 1 aliphatic rings. The fourth-order valence-corrected chi connectivity index (χ4v) is 4.55. The van der Waals surface area contributed by atoms with Crippen LogP contribution in [0.25, 0.3) is 0 Å². The summed E-state index contributed by atoms with van der Waals surface area (Å²) in [7, 11) is -3.80. The Morgan fingerprint density at radius 3 is 2.65 bits per heavy atom. The molecule has 0 amide bonds. The Morgan fingerprint density at radius 1 is 1.31 bits per heavy atom. The lowest BCUT2D eigenvalue weighted by atomic mass is 9.95. The second kappa shape index (κ2) is 7.29. The Hall–Kier alpha value is -2.67. The molecule has 136 valence electrons. The average Bonchev–Trinajstić information content (AvgIpc) is 2.59. The highest BCUT2D eigenvalue weighted by Crippen LogP contribution is 2.45. The molecule has 1 saturated heterocycles. The van der Waals surface area contributed by atoms with E-state index in [1.807, 2.05) is 13.0 Å². The van der Waals surface area contributed by atoms with E-state index in [0.29, 0.717) is 12.1 Å². The Bertz CT molecular complexity index is 922. The summed E-state index contributed by atoms with van der Waals surface area (Å²) in [6, 6.07) is 9.85. The number of carbonyl (C=O) groups excluding carboxylic acids is 1. The van der Waals surface area contributed by atoms with Crippen molar-refractivity contribution < 1.29 is 17.9 Å². The minimum atomic E-state index is -3.80. The summed E-state index contributed by atoms with van der Waals surface area (Å²) in [5.74, 6) is -0.545. The van der Waals surface area contributed by atoms with Crippen molar-refractivity contribution in [3.05, 3.63) is 71.7 Å². The number of aryl methyl sites for hydroxylation is 1. The van der Waals surface area contributed by atoms with Crippen LogP contribution in [0, 0.1) is 6.92 Å². The number of sulfonamides is 1. The number of hydrogen-bond donors (Lipinski definition) is 0. The second-order valence-corrected chi connectivity index (χ2v) is 7.82. The van der Waals surface area contributed by atoms with E-state index < -0.39 is 22.0 Å². The summed E-state index contributed by atoms with van der Waals surface area (Å²) >= 11 is 0. The maximum absolute atomic E-state index is 13.2. The molecule has 26 heavy (non-hydrogen) atoms. The lowest BCUT2D eigenvalue weighted by Crippen LogP contribution is -2.43. The number of aromatic nitrogens is 1. The quantitative estimate of drug-likeness (QED) is 0.596. The third-order valence-corrected chi connectivity index (χ3v) is 6.06. The number of benzene rings is 1. The van der Waals surface area contributed by atoms with Gasteiger partial charge in [-0.15, -0.1) is 0 Å². The molecule has 6 nitrogen and oxygen atoms in total. The van der Waals surface area contributed by atoms with Crippen LogP contribution in [0.15, 0.2) is 65.5 Å². The van der Waals surface area contributed by atoms with Crippen molar-refractivity contribution in [2.45, 2.75) is 31.2 Å². The highest BCUT2D eigenvalue weighted by Gasteiger charge is 2.43. The topological polar surface area (TPSA) is 76.6 Å². The summed E-state index contributed by atoms with van der Waals surface area (Å²) in [4.78, 5) is 16.1. The zero-order chi connectivity index (χ0) is 18.7. The molecular weight excluding hydrogens is 352 g/mol. The van der Waals surface area contributed by atoms with Gasteiger partial charge in [-0.2, -0.15) is 0 Å². The minimum Gasteiger partial charge on any atom is -0.463 e. The third-order valence-electron chi connectivity index (χ3n) is 4.19. The van der Waals surface area contributed by atoms with E-state index in [1.54, 1.807) is 49.6 Å². The largest absolute Gasteiger partial charge is 0.463 e. The van der Waals surface area contributed by atoms with Gasteiger partial charge in [0.25, 0.3) is 10.0 Å². The molecule has 1 atom stereocenters. The minimum absolute atomic E-state index is 0.187. The number of carbonyl (C=O) groups is 1. The molecule has 2 heterocycles. The van der Waals surface area contributed by atoms with Crippen LogP contribution < -0.4 is 0 Å². The van der Waals surface area contributed by atoms with E-state index >= 15 is 0 Å². The predicted octanol–water partition coefficient (Wildman–Crippen LogP) is 2.97. The Kier molecular flexibility index (Phi) is 5.08. The molecule has 0 bridgehead atoms. The zero-order valence-electron chi connectivity index (χ0n) is 14.6. The highest BCUT2D eigenvalue weighted by atomic mass is 32.2. The monoisotopic (exact) mass is 372 g/mol. The zero-order valence-corrected chi connectivity index (χ0v) is 15.4. The molecule has 2 aromatic rings. The van der Waals surface area contributed by atoms with Gasteiger partial charge >= 0.3 is 5.97 Å². The normalized spacial score (nSPS) is 18.5. The average molecular weight is 372 g/mol. The van der Waals surface area contributed by atoms with Crippen molar-refractivity contribution in [3.63, 3.8) is 0 Å². The van der Waals surface area contributed by atoms with E-state index in [1.165, 1.54) is 10.4 Å². The first-order valence-corrected chi connectivity index (χ1v) is 9.76. The summed E-state index contributed by atoms with van der Waals surface area (Å²) in [5.41, 5.74) is 2.17. The van der Waals surface area contributed by atoms with Crippen LogP contribution in [0.4, 0.5) is 0 Å². The third kappa shape index (κ3) is 3.48. The number of pyridine rings is 1. The molecule has 1 unspecified atom stereocenters. The van der Waals surface area contributed by atoms with Crippen molar-refractivity contribution in [1.29, 1.82) is 0 Å². The first-order chi connectivity index (χ1) is 12.4. The van der Waals surface area contributed by atoms with Gasteiger partial charge in [0.2, 0.25) is 0 Å². The van der Waals surface area contributed by atoms with Crippen molar-refractivity contribution in [2.75, 3.05) is 6.61 Å². The van der Waals surface area contributed by atoms with Crippen LogP contribution in [0.2, 0.25) is 0 Å². The van der Waals surface area contributed by atoms with Crippen LogP contribution in [-0.4, -0.2) is 30.3 Å². The highest BCUT2D eigenvalue weighted by molar-refractivity contribution is 7.89. The molecule has 3 rings (SSSR count). The van der Waals surface area contributed by atoms with Gasteiger partial charge in [0, 0.05) is 30.6 Å². The molecule has 1 aromatic heterocycles. The number of esters is 1. The van der Waals surface area contributed by atoms with E-state index in [9.17, 15) is 13.2 Å². The summed E-state index contributed by atoms with van der Waals surface area (Å²) in [6.07, 6.45) is 4.96. The number of hydrogen-bond acceptors (Lipinski definition) is 5. The SMILES string of the molecule is CCOC(=O)/C=C1\CC(c2cccnc2)N1S(=O)(=O)c1ccc(C)cc1. The van der Waals surface area contributed by atoms with Crippen LogP contribution in [0.5, 0.6) is 0 Å². The molecule has 1 aliphatic heterocycles. The van der Waals surface area contributed by atoms with Crippen molar-refractivity contribution in [1.82, 2.24) is 9.29 Å². The number of ether oxygens (including phenoxy) is 1. The maximum atomic E-state index is 13.2. The molecule has 7 heteroatoms. The molecular formula is C19H20N2O4S. The first-order valence-electron chi connectivity index (χ1n) is 8.32. The molecule has 0 aliphatic carbocycles. The number of rotatable bonds is 5. The molecule has 1 fully saturated rings. The van der Waals surface area contributed by atoms with Crippen LogP contribution in [-0.2, 0) is 19.6 Å². The van der Waals surface area contributed by atoms with Gasteiger partial charge in [0.15, 0.2) is 0 Å². The van der Waals surface area contributed by atoms with Gasteiger partial charge in [0.05, 0.1) is 17.5 Å². The van der Waals surface area contributed by atoms with Crippen LogP contribution in [0.1, 0.15) is 30.5 Å². The lowest BCUT2D eigenvalue weighted by Gasteiger charge is -2.43. The van der Waals surface area contributed by atoms with Crippen molar-refractivity contribution in [2.24, 2.45) is 0 Å². The molecule has 0 radical (unpaired) electrons. The summed E-state index contributed by atoms with van der Waals surface area (Å²) < 4.78 is 32.5. The van der Waals surface area contributed by atoms with Crippen LogP contribution in [0.3, 0.4) is 0 Å². The smallest absolute Gasteiger partial charge is 0.332 e. The predicted molar refractivity (Wildman–Crippen MR) is 96.5 cm³/mol. The van der Waals surface area contributed by atoms with E-state index in [0.717, 1.165) is 11.1 Å². The summed E-state index contributed by atoms with van der Waals surface area (Å²) in [5, 5.41) is 0. The van der Waals surface area contributed by atoms with Crippen molar-refractivity contribution >= 4 is 16.0 Å². The van der Waals surface area contributed by atoms with E-state index in [-0.39, 0.29) is 11.5 Å². The lowest BCUT2D eigenvalue weighted by molar-refractivity contribution is -0.137. The first kappa shape index (κ1) is 18.1. The second-order valence-electron chi connectivity index (χ2n) is 6.01. The fourth-order valence-electron chi connectivity index (χ4n) is 2.87. The van der Waals surface area contributed by atoms with Gasteiger partial charge in [-0.25, -0.2) is 13.2 Å². The molecule has 0 spiro atoms. The molecule has 1 aromatic carbocycles.